The van der Waals surface area contributed by atoms with E-state index in [-0.39, 0.29) is 12.2 Å². The first-order chi connectivity index (χ1) is 16.8. The molecular weight excluding hydrogens is 511 g/mol. The number of hydrogen-bond donors (Lipinski definition) is 1. The highest BCUT2D eigenvalue weighted by Gasteiger charge is 2.14. The predicted molar refractivity (Wildman–Crippen MR) is 139 cm³/mol. The van der Waals surface area contributed by atoms with Gasteiger partial charge in [0.2, 0.25) is 0 Å². The number of rotatable bonds is 9. The summed E-state index contributed by atoms with van der Waals surface area (Å²) in [7, 11) is 1.48. The highest BCUT2D eigenvalue weighted by molar-refractivity contribution is 6.35. The second-order valence-electron chi connectivity index (χ2n) is 7.14. The summed E-state index contributed by atoms with van der Waals surface area (Å²) in [4.78, 5) is 12.7. The van der Waals surface area contributed by atoms with E-state index in [0.717, 1.165) is 5.56 Å². The van der Waals surface area contributed by atoms with E-state index in [1.165, 1.54) is 13.2 Å². The third kappa shape index (κ3) is 7.06. The van der Waals surface area contributed by atoms with Crippen molar-refractivity contribution in [3.05, 3.63) is 86.4 Å². The molecule has 6 nitrogen and oxygen atoms in total. The fourth-order valence-corrected chi connectivity index (χ4v) is 3.84. The van der Waals surface area contributed by atoms with Crippen molar-refractivity contribution < 1.29 is 19.0 Å². The lowest BCUT2D eigenvalue weighted by Crippen LogP contribution is -2.13. The maximum Gasteiger partial charge on any atom is 0.266 e. The summed E-state index contributed by atoms with van der Waals surface area (Å²) in [5.74, 6) is 0.816. The molecule has 35 heavy (non-hydrogen) atoms. The van der Waals surface area contributed by atoms with Crippen LogP contribution in [0.4, 0.5) is 5.69 Å². The Morgan fingerprint density at radius 1 is 1.03 bits per heavy atom. The lowest BCUT2D eigenvalue weighted by molar-refractivity contribution is -0.112. The maximum atomic E-state index is 12.7. The van der Waals surface area contributed by atoms with Gasteiger partial charge in [-0.3, -0.25) is 4.79 Å². The Hall–Kier alpha value is -3.37. The molecule has 0 aliphatic rings. The van der Waals surface area contributed by atoms with E-state index in [4.69, 9.17) is 49.0 Å². The fourth-order valence-electron chi connectivity index (χ4n) is 3.08. The molecule has 180 valence electrons. The number of benzene rings is 3. The first-order valence-corrected chi connectivity index (χ1v) is 11.6. The zero-order valence-corrected chi connectivity index (χ0v) is 21.2. The zero-order valence-electron chi connectivity index (χ0n) is 18.9. The molecule has 1 amide bonds. The first kappa shape index (κ1) is 26.2. The Kier molecular flexibility index (Phi) is 9.27. The van der Waals surface area contributed by atoms with Crippen LogP contribution in [-0.2, 0) is 11.4 Å². The average molecular weight is 532 g/mol. The van der Waals surface area contributed by atoms with Gasteiger partial charge in [-0.05, 0) is 67.1 Å². The second-order valence-corrected chi connectivity index (χ2v) is 8.39. The van der Waals surface area contributed by atoms with Gasteiger partial charge in [-0.2, -0.15) is 5.26 Å². The van der Waals surface area contributed by atoms with Gasteiger partial charge in [-0.1, -0.05) is 40.9 Å². The van der Waals surface area contributed by atoms with Gasteiger partial charge in [0.25, 0.3) is 5.91 Å². The molecular formula is C26H21Cl3N2O4. The minimum Gasteiger partial charge on any atom is -0.491 e. The molecule has 0 radical (unpaired) electrons. The van der Waals surface area contributed by atoms with Crippen molar-refractivity contribution >= 4 is 52.5 Å². The van der Waals surface area contributed by atoms with Crippen LogP contribution in [0.2, 0.25) is 15.1 Å². The van der Waals surface area contributed by atoms with Gasteiger partial charge in [0.05, 0.1) is 18.7 Å². The number of carbonyl (C=O) groups excluding carboxylic acids is 1. The molecule has 0 aliphatic carbocycles. The molecule has 3 aromatic carbocycles. The molecule has 0 fully saturated rings. The Bertz CT molecular complexity index is 1280. The number of nitrogens with one attached hydrogen (secondary N) is 1. The van der Waals surface area contributed by atoms with Crippen LogP contribution in [-0.4, -0.2) is 19.6 Å². The number of anilines is 1. The van der Waals surface area contributed by atoms with Crippen LogP contribution in [0.25, 0.3) is 6.08 Å². The Labute approximate surface area is 218 Å². The summed E-state index contributed by atoms with van der Waals surface area (Å²) in [6.07, 6.45) is 1.43. The number of hydrogen-bond acceptors (Lipinski definition) is 5. The first-order valence-electron chi connectivity index (χ1n) is 10.4. The third-order valence-electron chi connectivity index (χ3n) is 4.73. The van der Waals surface area contributed by atoms with Gasteiger partial charge in [-0.25, -0.2) is 0 Å². The highest BCUT2D eigenvalue weighted by Crippen LogP contribution is 2.37. The quantitative estimate of drug-likeness (QED) is 0.234. The molecule has 0 atom stereocenters. The van der Waals surface area contributed by atoms with Gasteiger partial charge in [0, 0.05) is 21.3 Å². The molecule has 0 heterocycles. The number of nitriles is 1. The molecule has 3 rings (SSSR count). The Morgan fingerprint density at radius 3 is 2.40 bits per heavy atom. The van der Waals surface area contributed by atoms with Gasteiger partial charge >= 0.3 is 0 Å². The van der Waals surface area contributed by atoms with Crippen LogP contribution in [0, 0.1) is 11.3 Å². The predicted octanol–water partition coefficient (Wildman–Crippen LogP) is 7.18. The van der Waals surface area contributed by atoms with E-state index in [2.05, 4.69) is 5.32 Å². The van der Waals surface area contributed by atoms with Crippen molar-refractivity contribution in [3.63, 3.8) is 0 Å². The van der Waals surface area contributed by atoms with Gasteiger partial charge in [-0.15, -0.1) is 0 Å². The third-order valence-corrected chi connectivity index (χ3v) is 5.60. The smallest absolute Gasteiger partial charge is 0.266 e. The van der Waals surface area contributed by atoms with Crippen molar-refractivity contribution in [1.29, 1.82) is 5.26 Å². The van der Waals surface area contributed by atoms with E-state index >= 15 is 0 Å². The lowest BCUT2D eigenvalue weighted by Gasteiger charge is -2.12. The summed E-state index contributed by atoms with van der Waals surface area (Å²) in [6.45, 7) is 2.49. The van der Waals surface area contributed by atoms with Crippen molar-refractivity contribution in [1.82, 2.24) is 0 Å². The Morgan fingerprint density at radius 2 is 1.77 bits per heavy atom. The number of amides is 1. The topological polar surface area (TPSA) is 80.6 Å². The minimum atomic E-state index is -0.570. The van der Waals surface area contributed by atoms with Crippen molar-refractivity contribution in [3.8, 4) is 23.3 Å². The second kappa shape index (κ2) is 12.4. The lowest BCUT2D eigenvalue weighted by atomic mass is 10.1. The summed E-state index contributed by atoms with van der Waals surface area (Å²) < 4.78 is 16.5. The molecule has 0 aliphatic heterocycles. The molecule has 0 saturated carbocycles. The van der Waals surface area contributed by atoms with Crippen LogP contribution in [0.3, 0.4) is 0 Å². The molecule has 0 unspecified atom stereocenters. The molecule has 3 aromatic rings. The highest BCUT2D eigenvalue weighted by atomic mass is 35.5. The normalized spacial score (nSPS) is 10.9. The summed E-state index contributed by atoms with van der Waals surface area (Å²) in [6, 6.07) is 17.1. The molecule has 1 N–H and O–H groups in total. The van der Waals surface area contributed by atoms with E-state index in [1.807, 2.05) is 13.0 Å². The van der Waals surface area contributed by atoms with E-state index in [1.54, 1.807) is 54.6 Å². The van der Waals surface area contributed by atoms with Gasteiger partial charge in [0.15, 0.2) is 11.5 Å². The van der Waals surface area contributed by atoms with Crippen LogP contribution >= 0.6 is 34.8 Å². The number of carbonyl (C=O) groups is 1. The summed E-state index contributed by atoms with van der Waals surface area (Å²) in [5.41, 5.74) is 1.71. The molecule has 0 bridgehead atoms. The van der Waals surface area contributed by atoms with E-state index in [0.29, 0.717) is 50.2 Å². The summed E-state index contributed by atoms with van der Waals surface area (Å²) >= 11 is 18.3. The van der Waals surface area contributed by atoms with Crippen molar-refractivity contribution in [2.24, 2.45) is 0 Å². The van der Waals surface area contributed by atoms with Crippen LogP contribution in [0.15, 0.2) is 60.2 Å². The molecule has 9 heteroatoms. The number of ether oxygens (including phenoxy) is 3. The van der Waals surface area contributed by atoms with Crippen LogP contribution in [0.5, 0.6) is 17.2 Å². The Balaban J connectivity index is 1.69. The average Bonchev–Trinajstić information content (AvgIpc) is 2.83. The van der Waals surface area contributed by atoms with Crippen LogP contribution in [0.1, 0.15) is 18.1 Å². The monoisotopic (exact) mass is 530 g/mol. The van der Waals surface area contributed by atoms with Crippen molar-refractivity contribution in [2.75, 3.05) is 19.0 Å². The largest absolute Gasteiger partial charge is 0.491 e. The summed E-state index contributed by atoms with van der Waals surface area (Å²) in [5, 5.41) is 13.6. The SMILES string of the molecule is CCOc1cc(/C=C(\C#N)C(=O)Nc2ccc(OCc3ccc(Cl)cc3Cl)cc2)cc(Cl)c1OC. The number of halogens is 3. The fraction of sp³-hybridized carbons (Fsp3) is 0.154. The maximum absolute atomic E-state index is 12.7. The standard InChI is InChI=1S/C26H21Cl3N2O4/c1-3-34-24-12-16(11-23(29)25(24)33-2)10-18(14-30)26(32)31-20-6-8-21(9-7-20)35-15-17-4-5-19(27)13-22(17)28/h4-13H,3,15H2,1-2H3,(H,31,32)/b18-10+. The van der Waals surface area contributed by atoms with E-state index in [9.17, 15) is 10.1 Å². The molecule has 0 aromatic heterocycles. The zero-order chi connectivity index (χ0) is 25.4. The number of methoxy groups -OCH3 is 1. The molecule has 0 spiro atoms. The number of nitrogens with zero attached hydrogens (tertiary/aromatic N) is 1. The minimum absolute atomic E-state index is 0.105. The van der Waals surface area contributed by atoms with Crippen LogP contribution < -0.4 is 19.5 Å². The molecule has 0 saturated heterocycles. The van der Waals surface area contributed by atoms with Gasteiger partial charge < -0.3 is 19.5 Å². The van der Waals surface area contributed by atoms with Crippen molar-refractivity contribution in [2.45, 2.75) is 13.5 Å². The van der Waals surface area contributed by atoms with E-state index < -0.39 is 5.91 Å². The van der Waals surface area contributed by atoms with Gasteiger partial charge in [0.1, 0.15) is 24.0 Å².